The van der Waals surface area contributed by atoms with E-state index in [-0.39, 0.29) is 40.1 Å². The first kappa shape index (κ1) is 16.5. The second kappa shape index (κ2) is 19.3. The first-order valence-electron chi connectivity index (χ1n) is 0.644. The van der Waals surface area contributed by atoms with Crippen LogP contribution in [-0.4, -0.2) is 15.2 Å². The summed E-state index contributed by atoms with van der Waals surface area (Å²) < 4.78 is 3.75. The third-order valence-corrected chi connectivity index (χ3v) is 0. The molecule has 1 nitrogen and oxygen atoms in total. The molecule has 0 aromatic rings. The molecule has 0 N–H and O–H groups in total. The van der Waals surface area contributed by atoms with E-state index in [4.69, 9.17) is 0 Å². The van der Waals surface area contributed by atoms with E-state index in [0.717, 1.165) is 0 Å². The SMILES string of the molecule is [B]OC.[CH3-].[Y]. The van der Waals surface area contributed by atoms with E-state index < -0.39 is 0 Å². The zero-order valence-corrected chi connectivity index (χ0v) is 6.40. The van der Waals surface area contributed by atoms with Crippen molar-refractivity contribution in [2.75, 3.05) is 7.11 Å². The van der Waals surface area contributed by atoms with E-state index >= 15 is 0 Å². The van der Waals surface area contributed by atoms with Crippen molar-refractivity contribution in [3.63, 3.8) is 0 Å². The van der Waals surface area contributed by atoms with E-state index in [0.29, 0.717) is 0 Å². The van der Waals surface area contributed by atoms with Crippen molar-refractivity contribution in [1.82, 2.24) is 0 Å². The molecule has 0 bridgehead atoms. The van der Waals surface area contributed by atoms with E-state index in [1.165, 1.54) is 7.11 Å². The summed E-state index contributed by atoms with van der Waals surface area (Å²) in [7, 11) is 5.75. The van der Waals surface area contributed by atoms with Crippen molar-refractivity contribution in [3.8, 4) is 0 Å². The predicted molar refractivity (Wildman–Crippen MR) is 19.2 cm³/mol. The average Bonchev–Trinajstić information content (AvgIpc) is 0.918. The van der Waals surface area contributed by atoms with Gasteiger partial charge in [-0.2, -0.15) is 0 Å². The van der Waals surface area contributed by atoms with Gasteiger partial charge in [0.2, 0.25) is 0 Å². The van der Waals surface area contributed by atoms with Crippen LogP contribution in [-0.2, 0) is 37.4 Å². The minimum absolute atomic E-state index is 0. The van der Waals surface area contributed by atoms with Gasteiger partial charge >= 0.3 is 0 Å². The van der Waals surface area contributed by atoms with Crippen LogP contribution in [0.3, 0.4) is 0 Å². The normalized spacial score (nSPS) is 3.40. The Bertz CT molecular complexity index is 9.61. The smallest absolute Gasteiger partial charge is 0.282 e. The number of rotatable bonds is 0. The summed E-state index contributed by atoms with van der Waals surface area (Å²) in [5.41, 5.74) is 0. The molecule has 0 amide bonds. The van der Waals surface area contributed by atoms with Crippen LogP contribution in [0.2, 0.25) is 0 Å². The Kier molecular flexibility index (Phi) is 63.5. The van der Waals surface area contributed by atoms with Gasteiger partial charge in [0.25, 0.3) is 8.05 Å². The van der Waals surface area contributed by atoms with Crippen molar-refractivity contribution in [3.05, 3.63) is 7.43 Å². The minimum Gasteiger partial charge on any atom is -0.450 e. The summed E-state index contributed by atoms with van der Waals surface area (Å²) in [5.74, 6) is 0. The second-order valence-corrected chi connectivity index (χ2v) is 0.236. The molecule has 0 aliphatic carbocycles. The molecule has 0 aromatic carbocycles. The van der Waals surface area contributed by atoms with Gasteiger partial charge in [-0.1, -0.05) is 0 Å². The van der Waals surface area contributed by atoms with E-state index in [1.54, 1.807) is 0 Å². The summed E-state index contributed by atoms with van der Waals surface area (Å²) in [6, 6.07) is 0. The van der Waals surface area contributed by atoms with Crippen molar-refractivity contribution >= 4 is 8.05 Å². The monoisotopic (exact) mass is 146 g/mol. The molecule has 0 saturated heterocycles. The molecule has 27 valence electrons. The molecule has 0 heterocycles. The summed E-state index contributed by atoms with van der Waals surface area (Å²) in [6.07, 6.45) is 0. The van der Waals surface area contributed by atoms with Gasteiger partial charge in [0, 0.05) is 39.8 Å². The molecule has 3 radical (unpaired) electrons. The van der Waals surface area contributed by atoms with E-state index in [2.05, 4.69) is 12.7 Å². The van der Waals surface area contributed by atoms with Crippen LogP contribution in [0.4, 0.5) is 0 Å². The van der Waals surface area contributed by atoms with Gasteiger partial charge in [0.1, 0.15) is 0 Å². The quantitative estimate of drug-likeness (QED) is 0.349. The van der Waals surface area contributed by atoms with Crippen LogP contribution in [0.25, 0.3) is 0 Å². The standard InChI is InChI=1S/CH3BO.CH3.Y/c1-3-2;;/h1H3;1H3;/q;-1;. The summed E-state index contributed by atoms with van der Waals surface area (Å²) >= 11 is 0. The van der Waals surface area contributed by atoms with Crippen LogP contribution >= 0.6 is 0 Å². The first-order valence-corrected chi connectivity index (χ1v) is 0.644. The van der Waals surface area contributed by atoms with Crippen LogP contribution in [0.15, 0.2) is 0 Å². The van der Waals surface area contributed by atoms with Gasteiger partial charge in [-0.05, 0) is 0 Å². The minimum atomic E-state index is 0. The largest absolute Gasteiger partial charge is 0.450 e. The Balaban J connectivity index is -0.0000000200. The third-order valence-electron chi connectivity index (χ3n) is 0. The van der Waals surface area contributed by atoms with Gasteiger partial charge in [0.05, 0.1) is 0 Å². The molecule has 0 aliphatic heterocycles. The molecule has 0 fully saturated rings. The molecule has 0 aromatic heterocycles. The van der Waals surface area contributed by atoms with Gasteiger partial charge in [0.15, 0.2) is 0 Å². The fourth-order valence-corrected chi connectivity index (χ4v) is 0. The third kappa shape index (κ3) is 39.4. The van der Waals surface area contributed by atoms with Gasteiger partial charge < -0.3 is 12.1 Å². The summed E-state index contributed by atoms with van der Waals surface area (Å²) in [6.45, 7) is 0. The topological polar surface area (TPSA) is 9.23 Å². The molecule has 0 aliphatic rings. The van der Waals surface area contributed by atoms with Crippen molar-refractivity contribution in [2.45, 2.75) is 0 Å². The molecule has 0 unspecified atom stereocenters. The second-order valence-electron chi connectivity index (χ2n) is 0.236. The maximum absolute atomic E-state index is 4.35. The average molecular weight is 146 g/mol. The van der Waals surface area contributed by atoms with Crippen LogP contribution in [0, 0.1) is 7.43 Å². The molecule has 0 saturated carbocycles. The van der Waals surface area contributed by atoms with Crippen molar-refractivity contribution in [2.24, 2.45) is 0 Å². The maximum Gasteiger partial charge on any atom is 0.282 e. The van der Waals surface area contributed by atoms with Crippen LogP contribution < -0.4 is 0 Å². The molecule has 0 atom stereocenters. The zero-order chi connectivity index (χ0) is 2.71. The predicted octanol–water partition coefficient (Wildman–Crippen LogP) is 0.164. The van der Waals surface area contributed by atoms with E-state index in [9.17, 15) is 0 Å². The number of hydrogen-bond donors (Lipinski definition) is 0. The Labute approximate surface area is 59.8 Å². The number of hydrogen-bond acceptors (Lipinski definition) is 1. The Morgan fingerprint density at radius 2 is 1.60 bits per heavy atom. The molecule has 5 heavy (non-hydrogen) atoms. The molecule has 0 spiro atoms. The fraction of sp³-hybridized carbons (Fsp3) is 0.500. The van der Waals surface area contributed by atoms with Crippen molar-refractivity contribution in [1.29, 1.82) is 0 Å². The Morgan fingerprint density at radius 1 is 1.60 bits per heavy atom. The fourth-order valence-electron chi connectivity index (χ4n) is 0. The van der Waals surface area contributed by atoms with Gasteiger partial charge in [-0.15, -0.1) is 0 Å². The molecule has 0 rings (SSSR count). The first-order chi connectivity index (χ1) is 1.41. The van der Waals surface area contributed by atoms with Crippen LogP contribution in [0.5, 0.6) is 0 Å². The van der Waals surface area contributed by atoms with Crippen LogP contribution in [0.1, 0.15) is 0 Å². The zero-order valence-electron chi connectivity index (χ0n) is 3.56. The Hall–Kier alpha value is 1.13. The molecular formula is C2H6BOY-. The van der Waals surface area contributed by atoms with Crippen molar-refractivity contribution < 1.29 is 37.4 Å². The van der Waals surface area contributed by atoms with Gasteiger partial charge in [-0.3, -0.25) is 0 Å². The Morgan fingerprint density at radius 3 is 1.60 bits per heavy atom. The van der Waals surface area contributed by atoms with E-state index in [1.807, 2.05) is 0 Å². The maximum atomic E-state index is 4.35. The van der Waals surface area contributed by atoms with Gasteiger partial charge in [-0.25, -0.2) is 0 Å². The molecular weight excluding hydrogens is 140 g/mol. The molecule has 3 heteroatoms. The summed E-state index contributed by atoms with van der Waals surface area (Å²) in [5, 5.41) is 0. The summed E-state index contributed by atoms with van der Waals surface area (Å²) in [4.78, 5) is 0.